The van der Waals surface area contributed by atoms with Gasteiger partial charge in [-0.25, -0.2) is 0 Å². The Balaban J connectivity index is 2.52. The number of hydrogen-bond donors (Lipinski definition) is 1. The van der Waals surface area contributed by atoms with Crippen LogP contribution in [0.25, 0.3) is 11.1 Å². The van der Waals surface area contributed by atoms with E-state index in [-0.39, 0.29) is 0 Å². The summed E-state index contributed by atoms with van der Waals surface area (Å²) in [4.78, 5) is 1.28. The van der Waals surface area contributed by atoms with E-state index in [1.807, 2.05) is 13.2 Å². The lowest BCUT2D eigenvalue weighted by atomic mass is 10.1. The van der Waals surface area contributed by atoms with E-state index < -0.39 is 0 Å². The monoisotopic (exact) mass is 233 g/mol. The second-order valence-electron chi connectivity index (χ2n) is 3.75. The van der Waals surface area contributed by atoms with Crippen LogP contribution in [0.3, 0.4) is 0 Å². The first-order chi connectivity index (χ1) is 7.63. The van der Waals surface area contributed by atoms with Crippen LogP contribution >= 0.6 is 11.8 Å². The maximum atomic E-state index is 5.96. The van der Waals surface area contributed by atoms with Gasteiger partial charge in [0.25, 0.3) is 0 Å². The minimum atomic E-state index is 0.705. The van der Waals surface area contributed by atoms with E-state index in [4.69, 9.17) is 5.73 Å². The van der Waals surface area contributed by atoms with Crippen molar-refractivity contribution in [2.24, 2.45) is 7.05 Å². The van der Waals surface area contributed by atoms with Gasteiger partial charge in [-0.05, 0) is 30.4 Å². The van der Waals surface area contributed by atoms with Crippen LogP contribution in [0.2, 0.25) is 0 Å². The summed E-state index contributed by atoms with van der Waals surface area (Å²) in [5.74, 6) is 0.705. The molecule has 1 aromatic carbocycles. The normalized spacial score (nSPS) is 10.7. The van der Waals surface area contributed by atoms with Crippen molar-refractivity contribution in [2.75, 3.05) is 12.0 Å². The summed E-state index contributed by atoms with van der Waals surface area (Å²) in [6.45, 7) is 2.11. The second kappa shape index (κ2) is 4.22. The second-order valence-corrected chi connectivity index (χ2v) is 4.60. The molecule has 0 spiro atoms. The lowest BCUT2D eigenvalue weighted by molar-refractivity contribution is 0.779. The number of hydrogen-bond acceptors (Lipinski definition) is 3. The van der Waals surface area contributed by atoms with Gasteiger partial charge in [0.15, 0.2) is 0 Å². The van der Waals surface area contributed by atoms with Crippen LogP contribution in [-0.4, -0.2) is 16.0 Å². The fourth-order valence-corrected chi connectivity index (χ4v) is 2.29. The van der Waals surface area contributed by atoms with Crippen molar-refractivity contribution in [3.8, 4) is 11.1 Å². The van der Waals surface area contributed by atoms with Crippen LogP contribution in [0, 0.1) is 6.92 Å². The predicted octanol–water partition coefficient (Wildman–Crippen LogP) is 2.70. The third kappa shape index (κ3) is 1.80. The Bertz CT molecular complexity index is 517. The Morgan fingerprint density at radius 2 is 2.12 bits per heavy atom. The van der Waals surface area contributed by atoms with Crippen LogP contribution < -0.4 is 5.73 Å². The Hall–Kier alpha value is -1.42. The van der Waals surface area contributed by atoms with E-state index in [1.54, 1.807) is 16.4 Å². The maximum absolute atomic E-state index is 5.96. The van der Waals surface area contributed by atoms with E-state index >= 15 is 0 Å². The highest BCUT2D eigenvalue weighted by molar-refractivity contribution is 7.98. The fourth-order valence-electron chi connectivity index (χ4n) is 1.66. The summed E-state index contributed by atoms with van der Waals surface area (Å²) in [7, 11) is 1.85. The van der Waals surface area contributed by atoms with Crippen molar-refractivity contribution >= 4 is 17.6 Å². The van der Waals surface area contributed by atoms with Gasteiger partial charge in [-0.1, -0.05) is 12.1 Å². The molecule has 1 heterocycles. The number of benzene rings is 1. The highest BCUT2D eigenvalue weighted by Crippen LogP contribution is 2.30. The topological polar surface area (TPSA) is 43.8 Å². The number of nitrogens with zero attached hydrogens (tertiary/aromatic N) is 2. The summed E-state index contributed by atoms with van der Waals surface area (Å²) in [5, 5.41) is 4.16. The first-order valence-corrected chi connectivity index (χ1v) is 6.28. The highest BCUT2D eigenvalue weighted by Gasteiger charge is 2.08. The largest absolute Gasteiger partial charge is 0.383 e. The Morgan fingerprint density at radius 3 is 2.69 bits per heavy atom. The number of rotatable bonds is 2. The van der Waals surface area contributed by atoms with Gasteiger partial charge in [0.2, 0.25) is 0 Å². The number of thioether (sulfide) groups is 1. The molecule has 0 aliphatic carbocycles. The summed E-state index contributed by atoms with van der Waals surface area (Å²) >= 11 is 1.75. The molecule has 0 aliphatic heterocycles. The molecule has 0 radical (unpaired) electrons. The molecule has 0 atom stereocenters. The van der Waals surface area contributed by atoms with Crippen molar-refractivity contribution < 1.29 is 0 Å². The maximum Gasteiger partial charge on any atom is 0.129 e. The van der Waals surface area contributed by atoms with E-state index in [1.165, 1.54) is 10.5 Å². The SMILES string of the molecule is CSc1cc(-c2cnn(C)c2N)ccc1C. The lowest BCUT2D eigenvalue weighted by Crippen LogP contribution is -1.98. The molecular formula is C12H15N3S. The van der Waals surface area contributed by atoms with Gasteiger partial charge >= 0.3 is 0 Å². The molecule has 0 amide bonds. The van der Waals surface area contributed by atoms with Gasteiger partial charge in [-0.15, -0.1) is 11.8 Å². The minimum absolute atomic E-state index is 0.705. The van der Waals surface area contributed by atoms with Crippen molar-refractivity contribution in [3.63, 3.8) is 0 Å². The average Bonchev–Trinajstić information content (AvgIpc) is 2.61. The molecular weight excluding hydrogens is 218 g/mol. The number of nitrogens with two attached hydrogens (primary N) is 1. The third-order valence-corrected chi connectivity index (χ3v) is 3.58. The van der Waals surface area contributed by atoms with Crippen LogP contribution in [0.5, 0.6) is 0 Å². The number of aromatic nitrogens is 2. The molecule has 2 rings (SSSR count). The van der Waals surface area contributed by atoms with Crippen LogP contribution in [0.15, 0.2) is 29.3 Å². The number of anilines is 1. The summed E-state index contributed by atoms with van der Waals surface area (Å²) in [6, 6.07) is 6.36. The van der Waals surface area contributed by atoms with Gasteiger partial charge < -0.3 is 5.73 Å². The Labute approximate surface area is 99.7 Å². The molecule has 0 bridgehead atoms. The van der Waals surface area contributed by atoms with Crippen LogP contribution in [0.4, 0.5) is 5.82 Å². The lowest BCUT2D eigenvalue weighted by Gasteiger charge is -2.06. The van der Waals surface area contributed by atoms with Crippen molar-refractivity contribution in [3.05, 3.63) is 30.0 Å². The molecule has 1 aromatic heterocycles. The molecule has 2 aromatic rings. The molecule has 0 fully saturated rings. The Morgan fingerprint density at radius 1 is 1.38 bits per heavy atom. The summed E-state index contributed by atoms with van der Waals surface area (Å²) in [5.41, 5.74) is 9.37. The number of aryl methyl sites for hydroxylation is 2. The van der Waals surface area contributed by atoms with Crippen molar-refractivity contribution in [2.45, 2.75) is 11.8 Å². The minimum Gasteiger partial charge on any atom is -0.383 e. The van der Waals surface area contributed by atoms with Crippen LogP contribution in [0.1, 0.15) is 5.56 Å². The fraction of sp³-hybridized carbons (Fsp3) is 0.250. The van der Waals surface area contributed by atoms with Crippen LogP contribution in [-0.2, 0) is 7.05 Å². The predicted molar refractivity (Wildman–Crippen MR) is 69.6 cm³/mol. The summed E-state index contributed by atoms with van der Waals surface area (Å²) < 4.78 is 1.69. The molecule has 2 N–H and O–H groups in total. The zero-order valence-electron chi connectivity index (χ0n) is 9.69. The molecule has 0 aliphatic rings. The first-order valence-electron chi connectivity index (χ1n) is 5.06. The van der Waals surface area contributed by atoms with Gasteiger partial charge in [0, 0.05) is 17.5 Å². The van der Waals surface area contributed by atoms with Crippen molar-refractivity contribution in [1.29, 1.82) is 0 Å². The molecule has 0 unspecified atom stereocenters. The molecule has 4 heteroatoms. The summed E-state index contributed by atoms with van der Waals surface area (Å²) in [6.07, 6.45) is 3.89. The average molecular weight is 233 g/mol. The van der Waals surface area contributed by atoms with Crippen molar-refractivity contribution in [1.82, 2.24) is 9.78 Å². The van der Waals surface area contributed by atoms with Gasteiger partial charge in [0.05, 0.1) is 6.20 Å². The zero-order chi connectivity index (χ0) is 11.7. The first kappa shape index (κ1) is 11.1. The Kier molecular flexibility index (Phi) is 2.92. The van der Waals surface area contributed by atoms with E-state index in [9.17, 15) is 0 Å². The quantitative estimate of drug-likeness (QED) is 0.811. The highest BCUT2D eigenvalue weighted by atomic mass is 32.2. The van der Waals surface area contributed by atoms with E-state index in [0.29, 0.717) is 5.82 Å². The smallest absolute Gasteiger partial charge is 0.129 e. The van der Waals surface area contributed by atoms with Gasteiger partial charge in [-0.3, -0.25) is 4.68 Å². The van der Waals surface area contributed by atoms with Gasteiger partial charge in [0.1, 0.15) is 5.82 Å². The van der Waals surface area contributed by atoms with E-state index in [2.05, 4.69) is 36.5 Å². The zero-order valence-corrected chi connectivity index (χ0v) is 10.5. The van der Waals surface area contributed by atoms with Gasteiger partial charge in [-0.2, -0.15) is 5.10 Å². The molecule has 84 valence electrons. The number of nitrogen functional groups attached to an aromatic ring is 1. The molecule has 16 heavy (non-hydrogen) atoms. The van der Waals surface area contributed by atoms with E-state index in [0.717, 1.165) is 11.1 Å². The molecule has 0 saturated heterocycles. The molecule has 3 nitrogen and oxygen atoms in total. The molecule has 0 saturated carbocycles. The standard InChI is InChI=1S/C12H15N3S/c1-8-4-5-9(6-11(8)16-3)10-7-14-15(2)12(10)13/h4-7H,13H2,1-3H3. The third-order valence-electron chi connectivity index (χ3n) is 2.70.